The van der Waals surface area contributed by atoms with E-state index in [1.54, 1.807) is 17.1 Å². The Kier molecular flexibility index (Phi) is 3.98. The van der Waals surface area contributed by atoms with E-state index < -0.39 is 12.0 Å². The minimum Gasteiger partial charge on any atom is -0.480 e. The molecule has 0 aliphatic carbocycles. The maximum Gasteiger partial charge on any atom is 0.326 e. The molecule has 0 bridgehead atoms. The maximum absolute atomic E-state index is 12.4. The molecule has 3 rings (SSSR count). The number of benzene rings is 1. The summed E-state index contributed by atoms with van der Waals surface area (Å²) in [4.78, 5) is 29.1. The number of imidazole rings is 1. The number of hydrogen-bond acceptors (Lipinski definition) is 3. The van der Waals surface area contributed by atoms with E-state index in [0.29, 0.717) is 19.4 Å². The van der Waals surface area contributed by atoms with Crippen molar-refractivity contribution < 1.29 is 14.7 Å². The first kappa shape index (κ1) is 14.8. The summed E-state index contributed by atoms with van der Waals surface area (Å²) in [6, 6.07) is 6.85. The van der Waals surface area contributed by atoms with E-state index in [4.69, 9.17) is 5.11 Å². The van der Waals surface area contributed by atoms with Crippen molar-refractivity contribution in [2.75, 3.05) is 6.54 Å². The van der Waals surface area contributed by atoms with Crippen molar-refractivity contribution in [1.82, 2.24) is 14.5 Å². The van der Waals surface area contributed by atoms with Crippen molar-refractivity contribution in [3.8, 4) is 5.69 Å². The fraction of sp³-hybridized carbons (Fsp3) is 0.267. The molecule has 1 aromatic heterocycles. The Morgan fingerprint density at radius 2 is 2.00 bits per heavy atom. The minimum atomic E-state index is -0.960. The van der Waals surface area contributed by atoms with Crippen LogP contribution < -0.4 is 0 Å². The summed E-state index contributed by atoms with van der Waals surface area (Å²) in [7, 11) is 0. The Balaban J connectivity index is 1.82. The third-order valence-corrected chi connectivity index (χ3v) is 4.25. The van der Waals surface area contributed by atoms with Crippen LogP contribution in [0.2, 0.25) is 0 Å². The van der Waals surface area contributed by atoms with Gasteiger partial charge in [0, 0.05) is 22.9 Å². The number of rotatable bonds is 3. The summed E-state index contributed by atoms with van der Waals surface area (Å²) in [6.45, 7) is 0.459. The van der Waals surface area contributed by atoms with Crippen LogP contribution in [0.15, 0.2) is 41.3 Å². The van der Waals surface area contributed by atoms with Gasteiger partial charge in [0.15, 0.2) is 0 Å². The van der Waals surface area contributed by atoms with E-state index in [2.05, 4.69) is 20.9 Å². The van der Waals surface area contributed by atoms with Crippen molar-refractivity contribution in [1.29, 1.82) is 0 Å². The highest BCUT2D eigenvalue weighted by Gasteiger charge is 2.35. The van der Waals surface area contributed by atoms with Crippen molar-refractivity contribution in [3.63, 3.8) is 0 Å². The molecule has 1 aliphatic rings. The summed E-state index contributed by atoms with van der Waals surface area (Å²) in [6.07, 6.45) is 4.38. The van der Waals surface area contributed by atoms with Gasteiger partial charge in [0.25, 0.3) is 5.91 Å². The van der Waals surface area contributed by atoms with Crippen LogP contribution in [-0.4, -0.2) is 44.0 Å². The number of aliphatic carboxylic acids is 1. The van der Waals surface area contributed by atoms with Gasteiger partial charge in [-0.15, -0.1) is 0 Å². The number of carbonyl (C=O) groups is 2. The molecule has 0 radical (unpaired) electrons. The van der Waals surface area contributed by atoms with Gasteiger partial charge < -0.3 is 14.6 Å². The lowest BCUT2D eigenvalue weighted by molar-refractivity contribution is -0.141. The molecule has 6 nitrogen and oxygen atoms in total. The summed E-state index contributed by atoms with van der Waals surface area (Å²) >= 11 is 3.37. The van der Waals surface area contributed by atoms with Crippen molar-refractivity contribution in [2.24, 2.45) is 0 Å². The largest absolute Gasteiger partial charge is 0.480 e. The summed E-state index contributed by atoms with van der Waals surface area (Å²) < 4.78 is 2.71. The summed E-state index contributed by atoms with van der Waals surface area (Å²) in [5, 5.41) is 9.16. The molecule has 1 aromatic carbocycles. The smallest absolute Gasteiger partial charge is 0.326 e. The molecule has 1 fully saturated rings. The highest BCUT2D eigenvalue weighted by molar-refractivity contribution is 9.10. The van der Waals surface area contributed by atoms with Gasteiger partial charge >= 0.3 is 5.97 Å². The molecule has 1 amide bonds. The molecular formula is C15H14BrN3O3. The van der Waals surface area contributed by atoms with Crippen LogP contribution in [0.5, 0.6) is 0 Å². The average molecular weight is 364 g/mol. The Hall–Kier alpha value is -2.15. The van der Waals surface area contributed by atoms with Crippen LogP contribution in [0.3, 0.4) is 0 Å². The van der Waals surface area contributed by atoms with E-state index in [0.717, 1.165) is 10.2 Å². The second-order valence-corrected chi connectivity index (χ2v) is 6.05. The van der Waals surface area contributed by atoms with Crippen LogP contribution in [-0.2, 0) is 4.79 Å². The third kappa shape index (κ3) is 2.76. The summed E-state index contributed by atoms with van der Waals surface area (Å²) in [5.74, 6) is -1.29. The molecule has 1 atom stereocenters. The zero-order valence-electron chi connectivity index (χ0n) is 11.6. The van der Waals surface area contributed by atoms with Gasteiger partial charge in [-0.25, -0.2) is 9.78 Å². The molecule has 2 aromatic rings. The number of nitrogens with zero attached hydrogens (tertiary/aromatic N) is 3. The Bertz CT molecular complexity index is 711. The van der Waals surface area contributed by atoms with Gasteiger partial charge in [0.2, 0.25) is 0 Å². The third-order valence-electron chi connectivity index (χ3n) is 3.73. The van der Waals surface area contributed by atoms with E-state index >= 15 is 0 Å². The van der Waals surface area contributed by atoms with Crippen LogP contribution in [0.4, 0.5) is 0 Å². The molecule has 1 saturated heterocycles. The normalized spacial score (nSPS) is 17.7. The average Bonchev–Trinajstić information content (AvgIpc) is 3.17. The van der Waals surface area contributed by atoms with E-state index in [1.165, 1.54) is 4.90 Å². The predicted octanol–water partition coefficient (Wildman–Crippen LogP) is 2.32. The zero-order valence-corrected chi connectivity index (χ0v) is 13.2. The molecule has 0 saturated carbocycles. The first-order chi connectivity index (χ1) is 10.6. The number of halogens is 1. The number of amides is 1. The second kappa shape index (κ2) is 5.92. The van der Waals surface area contributed by atoms with Gasteiger partial charge in [-0.1, -0.05) is 15.9 Å². The monoisotopic (exact) mass is 363 g/mol. The predicted molar refractivity (Wildman–Crippen MR) is 83.0 cm³/mol. The zero-order chi connectivity index (χ0) is 15.7. The number of likely N-dealkylation sites (tertiary alicyclic amines) is 1. The number of aromatic nitrogens is 2. The lowest BCUT2D eigenvalue weighted by Crippen LogP contribution is -2.40. The number of carbonyl (C=O) groups excluding carboxylic acids is 1. The quantitative estimate of drug-likeness (QED) is 0.907. The molecule has 1 unspecified atom stereocenters. The van der Waals surface area contributed by atoms with Crippen LogP contribution in [0, 0.1) is 0 Å². The van der Waals surface area contributed by atoms with Crippen LogP contribution >= 0.6 is 15.9 Å². The fourth-order valence-corrected chi connectivity index (χ4v) is 2.87. The number of carboxylic acid groups (broad SMARTS) is 1. The lowest BCUT2D eigenvalue weighted by Gasteiger charge is -2.20. The van der Waals surface area contributed by atoms with E-state index in [-0.39, 0.29) is 11.6 Å². The molecule has 1 aliphatic heterocycles. The Morgan fingerprint density at radius 3 is 2.68 bits per heavy atom. The Morgan fingerprint density at radius 1 is 1.27 bits per heavy atom. The topological polar surface area (TPSA) is 75.4 Å². The first-order valence-electron chi connectivity index (χ1n) is 6.90. The second-order valence-electron chi connectivity index (χ2n) is 5.14. The molecule has 22 heavy (non-hydrogen) atoms. The molecule has 7 heteroatoms. The SMILES string of the molecule is O=C(O)C1CCCN1C(=O)c1cn(-c2ccc(Br)cc2)cn1. The van der Waals surface area contributed by atoms with E-state index in [1.807, 2.05) is 24.3 Å². The maximum atomic E-state index is 12.4. The molecule has 114 valence electrons. The van der Waals surface area contributed by atoms with Gasteiger partial charge in [0.1, 0.15) is 18.1 Å². The molecule has 1 N–H and O–H groups in total. The standard InChI is InChI=1S/C15H14BrN3O3/c16-10-3-5-11(6-4-10)18-8-12(17-9-18)14(20)19-7-1-2-13(19)15(21)22/h3-6,8-9,13H,1-2,7H2,(H,21,22). The van der Waals surface area contributed by atoms with Crippen LogP contribution in [0.1, 0.15) is 23.3 Å². The van der Waals surface area contributed by atoms with Crippen molar-refractivity contribution >= 4 is 27.8 Å². The number of carboxylic acids is 1. The number of hydrogen-bond donors (Lipinski definition) is 1. The van der Waals surface area contributed by atoms with Crippen LogP contribution in [0.25, 0.3) is 5.69 Å². The highest BCUT2D eigenvalue weighted by atomic mass is 79.9. The molecule has 2 heterocycles. The Labute approximate surface area is 135 Å². The van der Waals surface area contributed by atoms with Gasteiger partial charge in [-0.3, -0.25) is 4.79 Å². The fourth-order valence-electron chi connectivity index (χ4n) is 2.60. The van der Waals surface area contributed by atoms with Crippen molar-refractivity contribution in [2.45, 2.75) is 18.9 Å². The van der Waals surface area contributed by atoms with Gasteiger partial charge in [-0.05, 0) is 37.1 Å². The highest BCUT2D eigenvalue weighted by Crippen LogP contribution is 2.20. The molecule has 0 spiro atoms. The molecular weight excluding hydrogens is 350 g/mol. The van der Waals surface area contributed by atoms with Crippen molar-refractivity contribution in [3.05, 3.63) is 47.0 Å². The first-order valence-corrected chi connectivity index (χ1v) is 7.69. The summed E-state index contributed by atoms with van der Waals surface area (Å²) in [5.41, 5.74) is 1.14. The minimum absolute atomic E-state index is 0.260. The van der Waals surface area contributed by atoms with E-state index in [9.17, 15) is 9.59 Å². The van der Waals surface area contributed by atoms with Gasteiger partial charge in [-0.2, -0.15) is 0 Å². The lowest BCUT2D eigenvalue weighted by atomic mass is 10.2. The van der Waals surface area contributed by atoms with Gasteiger partial charge in [0.05, 0.1) is 0 Å².